The lowest BCUT2D eigenvalue weighted by molar-refractivity contribution is -0.0494. The van der Waals surface area contributed by atoms with Gasteiger partial charge in [0.05, 0.1) is 13.2 Å². The molecule has 0 radical (unpaired) electrons. The fraction of sp³-hybridized carbons (Fsp3) is 1.00. The van der Waals surface area contributed by atoms with Gasteiger partial charge in [-0.1, -0.05) is 6.92 Å². The topological polar surface area (TPSA) is 58.7 Å². The molecule has 4 nitrogen and oxygen atoms in total. The summed E-state index contributed by atoms with van der Waals surface area (Å²) in [4.78, 5) is 2.41. The van der Waals surface area contributed by atoms with E-state index in [0.717, 1.165) is 32.7 Å². The SMILES string of the molecule is CCC(C)(C(CN)CO)N1CCOCC1. The number of aliphatic hydroxyl groups excluding tert-OH is 1. The summed E-state index contributed by atoms with van der Waals surface area (Å²) >= 11 is 0. The maximum absolute atomic E-state index is 9.39. The van der Waals surface area contributed by atoms with Crippen molar-refractivity contribution in [2.24, 2.45) is 11.7 Å². The van der Waals surface area contributed by atoms with E-state index in [9.17, 15) is 5.11 Å². The van der Waals surface area contributed by atoms with Gasteiger partial charge >= 0.3 is 0 Å². The van der Waals surface area contributed by atoms with Crippen LogP contribution in [0, 0.1) is 5.92 Å². The van der Waals surface area contributed by atoms with Crippen LogP contribution in [0.1, 0.15) is 20.3 Å². The first-order chi connectivity index (χ1) is 7.19. The van der Waals surface area contributed by atoms with Crippen molar-refractivity contribution >= 4 is 0 Å². The van der Waals surface area contributed by atoms with Crippen molar-refractivity contribution in [1.82, 2.24) is 4.90 Å². The Kier molecular flexibility index (Phi) is 4.99. The molecule has 1 rings (SSSR count). The molecule has 1 aliphatic heterocycles. The van der Waals surface area contributed by atoms with Gasteiger partial charge in [0.2, 0.25) is 0 Å². The smallest absolute Gasteiger partial charge is 0.0594 e. The number of nitrogens with two attached hydrogens (primary N) is 1. The second-order valence-electron chi connectivity index (χ2n) is 4.43. The summed E-state index contributed by atoms with van der Waals surface area (Å²) in [6, 6.07) is 0. The van der Waals surface area contributed by atoms with Gasteiger partial charge in [-0.05, 0) is 19.9 Å². The first-order valence-electron chi connectivity index (χ1n) is 5.82. The van der Waals surface area contributed by atoms with Crippen LogP contribution in [0.3, 0.4) is 0 Å². The lowest BCUT2D eigenvalue weighted by Gasteiger charge is -2.47. The first kappa shape index (κ1) is 12.9. The van der Waals surface area contributed by atoms with Gasteiger partial charge < -0.3 is 15.6 Å². The molecular formula is C11H24N2O2. The lowest BCUT2D eigenvalue weighted by Crippen LogP contribution is -2.57. The summed E-state index contributed by atoms with van der Waals surface area (Å²) in [7, 11) is 0. The Morgan fingerprint density at radius 1 is 1.47 bits per heavy atom. The third-order valence-corrected chi connectivity index (χ3v) is 3.83. The van der Waals surface area contributed by atoms with Crippen LogP contribution in [-0.2, 0) is 4.74 Å². The van der Waals surface area contributed by atoms with Crippen LogP contribution in [0.5, 0.6) is 0 Å². The molecule has 3 N–H and O–H groups in total. The summed E-state index contributed by atoms with van der Waals surface area (Å²) < 4.78 is 5.35. The van der Waals surface area contributed by atoms with E-state index in [1.807, 2.05) is 0 Å². The summed E-state index contributed by atoms with van der Waals surface area (Å²) in [6.45, 7) is 8.54. The second kappa shape index (κ2) is 5.80. The van der Waals surface area contributed by atoms with Crippen molar-refractivity contribution in [3.63, 3.8) is 0 Å². The van der Waals surface area contributed by atoms with E-state index in [0.29, 0.717) is 6.54 Å². The van der Waals surface area contributed by atoms with E-state index in [1.54, 1.807) is 0 Å². The van der Waals surface area contributed by atoms with Gasteiger partial charge in [-0.15, -0.1) is 0 Å². The van der Waals surface area contributed by atoms with Crippen molar-refractivity contribution in [3.8, 4) is 0 Å². The monoisotopic (exact) mass is 216 g/mol. The Labute approximate surface area is 92.4 Å². The molecule has 0 bridgehead atoms. The molecule has 0 aromatic rings. The normalized spacial score (nSPS) is 24.8. The van der Waals surface area contributed by atoms with Gasteiger partial charge in [0.15, 0.2) is 0 Å². The number of hydrogen-bond acceptors (Lipinski definition) is 4. The molecule has 0 amide bonds. The third kappa shape index (κ3) is 2.69. The van der Waals surface area contributed by atoms with Crippen LogP contribution in [0.25, 0.3) is 0 Å². The molecule has 1 heterocycles. The molecule has 0 aromatic carbocycles. The molecule has 0 saturated carbocycles. The molecule has 4 heteroatoms. The Morgan fingerprint density at radius 3 is 2.47 bits per heavy atom. The highest BCUT2D eigenvalue weighted by Crippen LogP contribution is 2.28. The average Bonchev–Trinajstić information content (AvgIpc) is 2.31. The van der Waals surface area contributed by atoms with Crippen LogP contribution >= 0.6 is 0 Å². The van der Waals surface area contributed by atoms with E-state index in [1.165, 1.54) is 0 Å². The molecule has 15 heavy (non-hydrogen) atoms. The molecule has 1 aliphatic rings. The molecule has 1 saturated heterocycles. The van der Waals surface area contributed by atoms with Gasteiger partial charge in [0.25, 0.3) is 0 Å². The number of rotatable bonds is 5. The summed E-state index contributed by atoms with van der Waals surface area (Å²) in [5, 5.41) is 9.39. The van der Waals surface area contributed by atoms with Gasteiger partial charge in [-0.25, -0.2) is 0 Å². The van der Waals surface area contributed by atoms with E-state index < -0.39 is 0 Å². The van der Waals surface area contributed by atoms with Crippen LogP contribution in [0.2, 0.25) is 0 Å². The maximum atomic E-state index is 9.39. The maximum Gasteiger partial charge on any atom is 0.0594 e. The third-order valence-electron chi connectivity index (χ3n) is 3.83. The van der Waals surface area contributed by atoms with E-state index in [2.05, 4.69) is 18.7 Å². The molecule has 0 aliphatic carbocycles. The zero-order valence-corrected chi connectivity index (χ0v) is 9.91. The van der Waals surface area contributed by atoms with Gasteiger partial charge in [-0.2, -0.15) is 0 Å². The highest BCUT2D eigenvalue weighted by molar-refractivity contribution is 4.92. The van der Waals surface area contributed by atoms with Crippen molar-refractivity contribution in [1.29, 1.82) is 0 Å². The number of nitrogens with zero attached hydrogens (tertiary/aromatic N) is 1. The molecule has 1 fully saturated rings. The largest absolute Gasteiger partial charge is 0.396 e. The fourth-order valence-electron chi connectivity index (χ4n) is 2.37. The highest BCUT2D eigenvalue weighted by atomic mass is 16.5. The molecule has 0 spiro atoms. The van der Waals surface area contributed by atoms with Crippen molar-refractivity contribution in [2.45, 2.75) is 25.8 Å². The second-order valence-corrected chi connectivity index (χ2v) is 4.43. The summed E-state index contributed by atoms with van der Waals surface area (Å²) in [5.41, 5.74) is 5.74. The standard InChI is InChI=1S/C11H24N2O2/c1-3-11(2,10(8-12)9-14)13-4-6-15-7-5-13/h10,14H,3-9,12H2,1-2H3. The molecule has 2 atom stereocenters. The lowest BCUT2D eigenvalue weighted by atomic mass is 9.81. The van der Waals surface area contributed by atoms with Crippen LogP contribution < -0.4 is 5.73 Å². The predicted molar refractivity (Wildman–Crippen MR) is 60.7 cm³/mol. The zero-order valence-electron chi connectivity index (χ0n) is 9.91. The molecular weight excluding hydrogens is 192 g/mol. The Hall–Kier alpha value is -0.160. The molecule has 2 unspecified atom stereocenters. The number of aliphatic hydroxyl groups is 1. The first-order valence-corrected chi connectivity index (χ1v) is 5.82. The van der Waals surface area contributed by atoms with Crippen LogP contribution in [0.4, 0.5) is 0 Å². The van der Waals surface area contributed by atoms with Crippen LogP contribution in [-0.4, -0.2) is 55.0 Å². The Morgan fingerprint density at radius 2 is 2.07 bits per heavy atom. The number of ether oxygens (including phenoxy) is 1. The minimum Gasteiger partial charge on any atom is -0.396 e. The minimum atomic E-state index is 0.00722. The van der Waals surface area contributed by atoms with Crippen LogP contribution in [0.15, 0.2) is 0 Å². The molecule has 0 aromatic heterocycles. The zero-order chi connectivity index (χ0) is 11.3. The van der Waals surface area contributed by atoms with Gasteiger partial charge in [0, 0.05) is 31.2 Å². The van der Waals surface area contributed by atoms with Gasteiger partial charge in [-0.3, -0.25) is 4.90 Å². The number of hydrogen-bond donors (Lipinski definition) is 2. The van der Waals surface area contributed by atoms with Crippen molar-refractivity contribution in [2.75, 3.05) is 39.5 Å². The van der Waals surface area contributed by atoms with Crippen molar-refractivity contribution < 1.29 is 9.84 Å². The van der Waals surface area contributed by atoms with Gasteiger partial charge in [0.1, 0.15) is 0 Å². The minimum absolute atomic E-state index is 0.00722. The summed E-state index contributed by atoms with van der Waals surface area (Å²) in [6.07, 6.45) is 1.01. The van der Waals surface area contributed by atoms with E-state index in [4.69, 9.17) is 10.5 Å². The fourth-order valence-corrected chi connectivity index (χ4v) is 2.37. The molecule has 90 valence electrons. The predicted octanol–water partition coefficient (Wildman–Crippen LogP) is 0.0545. The number of morpholine rings is 1. The quantitative estimate of drug-likeness (QED) is 0.682. The highest BCUT2D eigenvalue weighted by Gasteiger charge is 2.37. The van der Waals surface area contributed by atoms with Crippen molar-refractivity contribution in [3.05, 3.63) is 0 Å². The Bertz CT molecular complexity index is 179. The average molecular weight is 216 g/mol. The Balaban J connectivity index is 2.71. The van der Waals surface area contributed by atoms with E-state index in [-0.39, 0.29) is 18.1 Å². The van der Waals surface area contributed by atoms with E-state index >= 15 is 0 Å². The summed E-state index contributed by atoms with van der Waals surface area (Å²) in [5.74, 6) is 0.153.